The Bertz CT molecular complexity index is 867. The van der Waals surface area contributed by atoms with Gasteiger partial charge in [-0.1, -0.05) is 26.0 Å². The molecule has 0 amide bonds. The normalized spacial score (nSPS) is 23.4. The molecule has 2 aromatic carbocycles. The molecule has 3 rings (SSSR count). The molecule has 2 aromatic rings. The molecule has 1 N–H and O–H groups in total. The summed E-state index contributed by atoms with van der Waals surface area (Å²) in [5.74, 6) is -0.357. The Hall–Kier alpha value is -2.21. The van der Waals surface area contributed by atoms with Crippen molar-refractivity contribution in [3.8, 4) is 0 Å². The van der Waals surface area contributed by atoms with Crippen LogP contribution in [0.5, 0.6) is 0 Å². The van der Waals surface area contributed by atoms with Crippen LogP contribution in [0.25, 0.3) is 0 Å². The molecular formula is C20H25N2O5P. The molecule has 0 bridgehead atoms. The maximum atomic E-state index is 13.5. The predicted molar refractivity (Wildman–Crippen MR) is 109 cm³/mol. The SMILES string of the molecule is CC(C)c1ccc(N[C@@H](c2ccc([N+](=O)[O-])cc2)[P@@]2(=O)OCC[C@@H](C)O2)cc1. The highest BCUT2D eigenvalue weighted by Gasteiger charge is 2.41. The predicted octanol–water partition coefficient (Wildman–Crippen LogP) is 5.85. The van der Waals surface area contributed by atoms with E-state index in [1.807, 2.05) is 31.2 Å². The molecule has 0 unspecified atom stereocenters. The third kappa shape index (κ3) is 4.61. The lowest BCUT2D eigenvalue weighted by molar-refractivity contribution is -0.384. The lowest BCUT2D eigenvalue weighted by Crippen LogP contribution is -2.23. The first-order chi connectivity index (χ1) is 13.3. The average Bonchev–Trinajstić information content (AvgIpc) is 2.66. The molecule has 1 heterocycles. The van der Waals surface area contributed by atoms with Gasteiger partial charge in [-0.3, -0.25) is 14.7 Å². The Balaban J connectivity index is 1.94. The molecule has 8 heteroatoms. The maximum absolute atomic E-state index is 13.5. The van der Waals surface area contributed by atoms with E-state index in [9.17, 15) is 14.7 Å². The summed E-state index contributed by atoms with van der Waals surface area (Å²) in [6, 6.07) is 13.8. The number of nitro groups is 1. The first kappa shape index (κ1) is 20.5. The van der Waals surface area contributed by atoms with E-state index in [0.717, 1.165) is 5.69 Å². The van der Waals surface area contributed by atoms with Gasteiger partial charge in [0.15, 0.2) is 5.78 Å². The largest absolute Gasteiger partial charge is 0.368 e. The van der Waals surface area contributed by atoms with Crippen LogP contribution in [0.4, 0.5) is 11.4 Å². The van der Waals surface area contributed by atoms with Crippen molar-refractivity contribution in [2.75, 3.05) is 11.9 Å². The molecule has 0 spiro atoms. The van der Waals surface area contributed by atoms with Crippen LogP contribution in [0.1, 0.15) is 50.0 Å². The Kier molecular flexibility index (Phi) is 6.18. The number of rotatable bonds is 6. The van der Waals surface area contributed by atoms with Crippen LogP contribution >= 0.6 is 7.60 Å². The van der Waals surface area contributed by atoms with Crippen LogP contribution in [0.3, 0.4) is 0 Å². The molecule has 0 aromatic heterocycles. The molecule has 1 aliphatic rings. The fourth-order valence-electron chi connectivity index (χ4n) is 3.06. The average molecular weight is 404 g/mol. The minimum absolute atomic E-state index is 0.0269. The van der Waals surface area contributed by atoms with Gasteiger partial charge in [0, 0.05) is 17.8 Å². The van der Waals surface area contributed by atoms with Crippen molar-refractivity contribution in [2.45, 2.75) is 45.0 Å². The quantitative estimate of drug-likeness (QED) is 0.369. The molecule has 1 fully saturated rings. The van der Waals surface area contributed by atoms with Crippen LogP contribution in [0.15, 0.2) is 48.5 Å². The van der Waals surface area contributed by atoms with Gasteiger partial charge in [0.05, 0.1) is 17.6 Å². The number of hydrogen-bond acceptors (Lipinski definition) is 6. The standard InChI is InChI=1S/C20H25N2O5P/c1-14(2)16-4-8-18(9-5-16)21-20(28(25)26-13-12-15(3)27-28)17-6-10-19(11-7-17)22(23)24/h4-11,14-15,20-21H,12-13H2,1-3H3/t15-,20-,28-/m1/s1. The van der Waals surface area contributed by atoms with Crippen molar-refractivity contribution in [3.63, 3.8) is 0 Å². The Morgan fingerprint density at radius 1 is 1.11 bits per heavy atom. The van der Waals surface area contributed by atoms with E-state index in [-0.39, 0.29) is 11.8 Å². The minimum Gasteiger partial charge on any atom is -0.368 e. The Morgan fingerprint density at radius 2 is 1.71 bits per heavy atom. The van der Waals surface area contributed by atoms with E-state index >= 15 is 0 Å². The second kappa shape index (κ2) is 8.43. The molecule has 0 radical (unpaired) electrons. The topological polar surface area (TPSA) is 90.7 Å². The van der Waals surface area contributed by atoms with Crippen LogP contribution in [-0.4, -0.2) is 17.6 Å². The minimum atomic E-state index is -3.52. The summed E-state index contributed by atoms with van der Waals surface area (Å²) in [6.45, 7) is 6.44. The lowest BCUT2D eigenvalue weighted by atomic mass is 10.0. The number of nitrogens with zero attached hydrogens (tertiary/aromatic N) is 1. The highest BCUT2D eigenvalue weighted by molar-refractivity contribution is 7.54. The summed E-state index contributed by atoms with van der Waals surface area (Å²) < 4.78 is 24.8. The number of non-ortho nitro benzene ring substituents is 1. The molecule has 0 aliphatic carbocycles. The van der Waals surface area contributed by atoms with Gasteiger partial charge in [-0.05, 0) is 54.7 Å². The maximum Gasteiger partial charge on any atom is 0.357 e. The van der Waals surface area contributed by atoms with Gasteiger partial charge >= 0.3 is 7.60 Å². The smallest absolute Gasteiger partial charge is 0.357 e. The second-order valence-electron chi connectivity index (χ2n) is 7.25. The van der Waals surface area contributed by atoms with Crippen molar-refractivity contribution in [1.29, 1.82) is 0 Å². The van der Waals surface area contributed by atoms with Gasteiger partial charge in [-0.2, -0.15) is 0 Å². The van der Waals surface area contributed by atoms with E-state index in [1.165, 1.54) is 17.7 Å². The van der Waals surface area contributed by atoms with Crippen molar-refractivity contribution >= 4 is 19.0 Å². The van der Waals surface area contributed by atoms with Crippen molar-refractivity contribution in [3.05, 3.63) is 69.8 Å². The first-order valence-corrected chi connectivity index (χ1v) is 10.9. The van der Waals surface area contributed by atoms with Gasteiger partial charge in [0.1, 0.15) is 0 Å². The van der Waals surface area contributed by atoms with Gasteiger partial charge in [-0.15, -0.1) is 0 Å². The number of benzene rings is 2. The number of nitro benzene ring substituents is 1. The molecule has 0 saturated carbocycles. The fraction of sp³-hybridized carbons (Fsp3) is 0.400. The summed E-state index contributed by atoms with van der Waals surface area (Å²) in [5, 5.41) is 14.2. The van der Waals surface area contributed by atoms with E-state index in [1.54, 1.807) is 12.1 Å². The summed E-state index contributed by atoms with van der Waals surface area (Å²) in [6.07, 6.45) is 0.477. The van der Waals surface area contributed by atoms with Gasteiger partial charge in [0.25, 0.3) is 5.69 Å². The molecular weight excluding hydrogens is 379 g/mol. The molecule has 28 heavy (non-hydrogen) atoms. The van der Waals surface area contributed by atoms with Crippen LogP contribution < -0.4 is 5.32 Å². The zero-order valence-electron chi connectivity index (χ0n) is 16.2. The van der Waals surface area contributed by atoms with Crippen molar-refractivity contribution in [2.24, 2.45) is 0 Å². The number of anilines is 1. The third-order valence-electron chi connectivity index (χ3n) is 4.74. The van der Waals surface area contributed by atoms with E-state index in [0.29, 0.717) is 24.5 Å². The van der Waals surface area contributed by atoms with Gasteiger partial charge in [-0.25, -0.2) is 0 Å². The molecule has 1 saturated heterocycles. The van der Waals surface area contributed by atoms with E-state index in [4.69, 9.17) is 9.05 Å². The Labute approximate surface area is 164 Å². The second-order valence-corrected chi connectivity index (χ2v) is 9.32. The zero-order chi connectivity index (χ0) is 20.3. The number of hydrogen-bond donors (Lipinski definition) is 1. The molecule has 150 valence electrons. The summed E-state index contributed by atoms with van der Waals surface area (Å²) >= 11 is 0. The van der Waals surface area contributed by atoms with E-state index in [2.05, 4.69) is 19.2 Å². The van der Waals surface area contributed by atoms with Gasteiger partial charge in [0.2, 0.25) is 0 Å². The summed E-state index contributed by atoms with van der Waals surface area (Å²) in [7, 11) is -3.52. The highest BCUT2D eigenvalue weighted by Crippen LogP contribution is 2.63. The highest BCUT2D eigenvalue weighted by atomic mass is 31.2. The molecule has 7 nitrogen and oxygen atoms in total. The molecule has 1 aliphatic heterocycles. The number of nitrogens with one attached hydrogen (secondary N) is 1. The van der Waals surface area contributed by atoms with Crippen LogP contribution in [0, 0.1) is 10.1 Å². The first-order valence-electron chi connectivity index (χ1n) is 9.32. The van der Waals surface area contributed by atoms with Crippen molar-refractivity contribution in [1.82, 2.24) is 0 Å². The lowest BCUT2D eigenvalue weighted by Gasteiger charge is -2.34. The van der Waals surface area contributed by atoms with Crippen molar-refractivity contribution < 1.29 is 18.5 Å². The fourth-order valence-corrected chi connectivity index (χ4v) is 5.20. The van der Waals surface area contributed by atoms with E-state index < -0.39 is 18.3 Å². The summed E-state index contributed by atoms with van der Waals surface area (Å²) in [4.78, 5) is 10.5. The van der Waals surface area contributed by atoms with Crippen LogP contribution in [-0.2, 0) is 13.6 Å². The summed E-state index contributed by atoms with van der Waals surface area (Å²) in [5.41, 5.74) is 2.55. The van der Waals surface area contributed by atoms with Gasteiger partial charge < -0.3 is 14.4 Å². The van der Waals surface area contributed by atoms with Crippen LogP contribution in [0.2, 0.25) is 0 Å². The zero-order valence-corrected chi connectivity index (χ0v) is 17.1. The monoisotopic (exact) mass is 404 g/mol. The third-order valence-corrected chi connectivity index (χ3v) is 6.99. The molecule has 3 atom stereocenters. The Morgan fingerprint density at radius 3 is 2.25 bits per heavy atom.